The first-order valence-corrected chi connectivity index (χ1v) is 29.8. The van der Waals surface area contributed by atoms with E-state index in [2.05, 4.69) is 58.7 Å². The maximum absolute atomic E-state index is 14.4. The van der Waals surface area contributed by atoms with Crippen LogP contribution in [0.1, 0.15) is 155 Å². The van der Waals surface area contributed by atoms with Crippen LogP contribution >= 0.6 is 21.6 Å². The fraction of sp³-hybridized carbons (Fsp3) is 0.548. The predicted molar refractivity (Wildman–Crippen MR) is 313 cm³/mol. The molecular weight excluding hydrogens is 993 g/mol. The van der Waals surface area contributed by atoms with Gasteiger partial charge in [-0.25, -0.2) is 4.79 Å². The number of ether oxygens (including phenoxy) is 3. The van der Waals surface area contributed by atoms with Gasteiger partial charge in [-0.05, 0) is 139 Å². The molecule has 1 unspecified atom stereocenters. The Balaban J connectivity index is 0.949. The number of hydrogen-bond acceptors (Lipinski definition) is 11. The van der Waals surface area contributed by atoms with Crippen LogP contribution < -0.4 is 24.6 Å². The van der Waals surface area contributed by atoms with Crippen molar-refractivity contribution >= 4 is 78.4 Å². The summed E-state index contributed by atoms with van der Waals surface area (Å²) in [6.07, 6.45) is 9.49. The topological polar surface area (TPSA) is 131 Å². The molecule has 1 saturated carbocycles. The molecule has 0 spiro atoms. The summed E-state index contributed by atoms with van der Waals surface area (Å²) < 4.78 is 24.4. The number of furan rings is 1. The van der Waals surface area contributed by atoms with Gasteiger partial charge in [0.1, 0.15) is 29.5 Å². The van der Waals surface area contributed by atoms with Gasteiger partial charge in [0.05, 0.1) is 23.6 Å². The van der Waals surface area contributed by atoms with Gasteiger partial charge in [0.2, 0.25) is 5.91 Å². The van der Waals surface area contributed by atoms with Crippen molar-refractivity contribution in [3.8, 4) is 11.5 Å². The third kappa shape index (κ3) is 14.2. The molecule has 0 bridgehead atoms. The summed E-state index contributed by atoms with van der Waals surface area (Å²) in [5, 5.41) is 5.61. The Labute approximate surface area is 460 Å². The minimum atomic E-state index is -0.584. The molecule has 2 heterocycles. The number of nitrogens with zero attached hydrogens (tertiary/aromatic N) is 3. The van der Waals surface area contributed by atoms with Crippen LogP contribution in [0.15, 0.2) is 88.2 Å². The fourth-order valence-electron chi connectivity index (χ4n) is 11.2. The Morgan fingerprint density at radius 1 is 0.829 bits per heavy atom. The lowest BCUT2D eigenvalue weighted by atomic mass is 9.61. The molecular formula is C62H84N4O8S2. The second kappa shape index (κ2) is 25.2. The number of benzene rings is 4. The molecule has 3 amide bonds. The van der Waals surface area contributed by atoms with E-state index < -0.39 is 16.4 Å². The van der Waals surface area contributed by atoms with Crippen molar-refractivity contribution in [3.63, 3.8) is 0 Å². The monoisotopic (exact) mass is 1080 g/mol. The number of anilines is 2. The predicted octanol–water partition coefficient (Wildman–Crippen LogP) is 14.9. The van der Waals surface area contributed by atoms with Crippen molar-refractivity contribution < 1.29 is 37.8 Å². The second-order valence-electron chi connectivity index (χ2n) is 23.4. The summed E-state index contributed by atoms with van der Waals surface area (Å²) in [7, 11) is 8.77. The van der Waals surface area contributed by atoms with Crippen molar-refractivity contribution in [1.29, 1.82) is 0 Å². The smallest absolute Gasteiger partial charge is 0.419 e. The third-order valence-corrected chi connectivity index (χ3v) is 19.1. The Kier molecular flexibility index (Phi) is 19.4. The lowest BCUT2D eigenvalue weighted by Gasteiger charge is -2.42. The number of carbonyl (C=O) groups is 4. The molecule has 5 aromatic rings. The van der Waals surface area contributed by atoms with E-state index in [-0.39, 0.29) is 40.7 Å². The Hall–Kier alpha value is -5.02. The van der Waals surface area contributed by atoms with Gasteiger partial charge in [-0.3, -0.25) is 19.3 Å². The molecule has 4 aromatic carbocycles. The van der Waals surface area contributed by atoms with Crippen LogP contribution in [0.25, 0.3) is 21.7 Å². The van der Waals surface area contributed by atoms with Crippen molar-refractivity contribution in [2.24, 2.45) is 16.7 Å². The Morgan fingerprint density at radius 3 is 2.22 bits per heavy atom. The van der Waals surface area contributed by atoms with Gasteiger partial charge in [-0.15, -0.1) is 0 Å². The van der Waals surface area contributed by atoms with Gasteiger partial charge < -0.3 is 33.7 Å². The number of carbonyl (C=O) groups excluding carboxylic acids is 4. The molecule has 2 aliphatic rings. The summed E-state index contributed by atoms with van der Waals surface area (Å²) in [4.78, 5) is 62.3. The highest BCUT2D eigenvalue weighted by molar-refractivity contribution is 8.77. The molecule has 0 saturated heterocycles. The zero-order valence-electron chi connectivity index (χ0n) is 47.4. The molecule has 1 fully saturated rings. The highest BCUT2D eigenvalue weighted by Crippen LogP contribution is 2.50. The highest BCUT2D eigenvalue weighted by Gasteiger charge is 2.44. The van der Waals surface area contributed by atoms with E-state index in [9.17, 15) is 19.2 Å². The molecule has 12 nitrogen and oxygen atoms in total. The Morgan fingerprint density at radius 2 is 1.53 bits per heavy atom. The maximum Gasteiger partial charge on any atom is 0.419 e. The highest BCUT2D eigenvalue weighted by atomic mass is 33.1. The average molecular weight is 1080 g/mol. The summed E-state index contributed by atoms with van der Waals surface area (Å²) in [5.74, 6) is 1.89. The van der Waals surface area contributed by atoms with Crippen LogP contribution in [0, 0.1) is 16.7 Å². The number of para-hydroxylation sites is 1. The van der Waals surface area contributed by atoms with Gasteiger partial charge in [0.25, 0.3) is 5.91 Å². The minimum absolute atomic E-state index is 0.0491. The first-order chi connectivity index (χ1) is 36.1. The lowest BCUT2D eigenvalue weighted by Crippen LogP contribution is -2.42. The van der Waals surface area contributed by atoms with Crippen LogP contribution in [0.5, 0.6) is 11.5 Å². The molecule has 7 rings (SSSR count). The quantitative estimate of drug-likeness (QED) is 0.0561. The number of rotatable bonds is 25. The van der Waals surface area contributed by atoms with E-state index in [1.807, 2.05) is 101 Å². The van der Waals surface area contributed by atoms with E-state index in [0.717, 1.165) is 65.3 Å². The van der Waals surface area contributed by atoms with Gasteiger partial charge >= 0.3 is 6.09 Å². The lowest BCUT2D eigenvalue weighted by molar-refractivity contribution is -0.138. The number of amides is 3. The summed E-state index contributed by atoms with van der Waals surface area (Å²) in [5.41, 5.74) is 1.95. The van der Waals surface area contributed by atoms with Crippen molar-refractivity contribution in [2.45, 2.75) is 154 Å². The number of hydrogen-bond donors (Lipinski definition) is 1. The number of Topliss-reactive ketones (excluding diaryl/α,β-unsaturated/α-hetero) is 1. The van der Waals surface area contributed by atoms with Gasteiger partial charge in [-0.2, -0.15) is 0 Å². The maximum atomic E-state index is 14.4. The zero-order chi connectivity index (χ0) is 55.0. The van der Waals surface area contributed by atoms with Gasteiger partial charge in [0.15, 0.2) is 5.76 Å². The van der Waals surface area contributed by atoms with Gasteiger partial charge in [-0.1, -0.05) is 112 Å². The molecule has 76 heavy (non-hydrogen) atoms. The standard InChI is InChI=1S/C62H84N4O8S2/c1-13-42-40-66(57(69)52-36-43-35-45(29-30-50(43)73-52)71-34-33-64(10)11)49-37-51(46-25-19-20-26-47(46)56(42)49)74-58(70)65(12)48-27-21-22-28-53(48)75-76-61(8,9)39-55(68)63-32-31-60(6,7)72-41-59(4,5)38-54(67)62(14-2,15-3)44-23-17-16-18-24-44/h19-22,25-30,35-37,42,44H,13-18,23-24,31-34,38-41H2,1-12H3,(H,63,68). The molecule has 14 heteroatoms. The SMILES string of the molecule is CCC1CN(C(=O)c2cc3cc(OCCN(C)C)ccc3o2)c2cc(OC(=O)N(C)c3ccccc3SSC(C)(C)CC(=O)NCCC(C)(C)OCC(C)(C)CC(=O)C(CC)(CC)C3CCCCC3)c3ccccc3c21. The third-order valence-electron chi connectivity index (χ3n) is 15.8. The van der Waals surface area contributed by atoms with E-state index in [4.69, 9.17) is 18.6 Å². The first-order valence-electron chi connectivity index (χ1n) is 27.6. The van der Waals surface area contributed by atoms with Crippen LogP contribution in [0.4, 0.5) is 16.2 Å². The van der Waals surface area contributed by atoms with E-state index >= 15 is 0 Å². The van der Waals surface area contributed by atoms with E-state index in [1.54, 1.807) is 28.8 Å². The number of ketones is 1. The summed E-state index contributed by atoms with van der Waals surface area (Å²) in [6, 6.07) is 24.7. The largest absolute Gasteiger partial charge is 0.492 e. The van der Waals surface area contributed by atoms with E-state index in [0.29, 0.717) is 79.3 Å². The molecule has 1 N–H and O–H groups in total. The van der Waals surface area contributed by atoms with Crippen molar-refractivity contribution in [2.75, 3.05) is 63.8 Å². The van der Waals surface area contributed by atoms with Crippen LogP contribution in [0.3, 0.4) is 0 Å². The second-order valence-corrected chi connectivity index (χ2v) is 26.3. The van der Waals surface area contributed by atoms with Crippen LogP contribution in [-0.4, -0.2) is 92.9 Å². The molecule has 1 aromatic heterocycles. The number of likely N-dealkylation sites (N-methyl/N-ethyl adjacent to an activating group) is 1. The number of nitrogens with one attached hydrogen (secondary N) is 1. The average Bonchev–Trinajstić information content (AvgIpc) is 4.00. The summed E-state index contributed by atoms with van der Waals surface area (Å²) >= 11 is 0. The fourth-order valence-corrected chi connectivity index (χ4v) is 13.6. The van der Waals surface area contributed by atoms with Crippen molar-refractivity contribution in [3.05, 3.63) is 90.2 Å². The number of fused-ring (bicyclic) bond motifs is 4. The van der Waals surface area contributed by atoms with E-state index in [1.165, 1.54) is 35.0 Å². The van der Waals surface area contributed by atoms with Crippen LogP contribution in [0.2, 0.25) is 0 Å². The van der Waals surface area contributed by atoms with Crippen molar-refractivity contribution in [1.82, 2.24) is 10.2 Å². The Bertz CT molecular complexity index is 2830. The van der Waals surface area contributed by atoms with Crippen LogP contribution in [-0.2, 0) is 14.3 Å². The minimum Gasteiger partial charge on any atom is -0.492 e. The molecule has 1 aliphatic carbocycles. The molecule has 1 atom stereocenters. The first kappa shape index (κ1) is 58.7. The molecule has 1 aliphatic heterocycles. The normalized spacial score (nSPS) is 15.6. The summed E-state index contributed by atoms with van der Waals surface area (Å²) in [6.45, 7) is 21.7. The molecule has 412 valence electrons. The van der Waals surface area contributed by atoms with Gasteiger partial charge in [0, 0.05) is 77.3 Å². The molecule has 0 radical (unpaired) electrons. The zero-order valence-corrected chi connectivity index (χ0v) is 49.0.